The van der Waals surface area contributed by atoms with Crippen molar-refractivity contribution in [1.82, 2.24) is 0 Å². The third-order valence-electron chi connectivity index (χ3n) is 2.58. The van der Waals surface area contributed by atoms with E-state index < -0.39 is 11.6 Å². The predicted octanol–water partition coefficient (Wildman–Crippen LogP) is 2.65. The van der Waals surface area contributed by atoms with Crippen LogP contribution in [-0.2, 0) is 18.9 Å². The van der Waals surface area contributed by atoms with E-state index in [4.69, 9.17) is 18.9 Å². The van der Waals surface area contributed by atoms with E-state index in [9.17, 15) is 0 Å². The molecular weight excluding hydrogens is 232 g/mol. The van der Waals surface area contributed by atoms with Crippen LogP contribution in [0.5, 0.6) is 0 Å². The Hall–Kier alpha value is -0.680. The Morgan fingerprint density at radius 2 is 0.778 bits per heavy atom. The zero-order valence-corrected chi connectivity index (χ0v) is 11.8. The molecule has 104 valence electrons. The van der Waals surface area contributed by atoms with Crippen molar-refractivity contribution in [2.75, 3.05) is 26.4 Å². The van der Waals surface area contributed by atoms with E-state index in [0.29, 0.717) is 26.4 Å². The molecule has 0 aromatic heterocycles. The molecule has 4 nitrogen and oxygen atoms in total. The molecule has 1 aliphatic rings. The van der Waals surface area contributed by atoms with Crippen LogP contribution in [-0.4, -0.2) is 38.0 Å². The molecule has 0 amide bonds. The molecule has 1 rings (SSSR count). The molecule has 0 bridgehead atoms. The normalized spacial score (nSPS) is 20.2. The van der Waals surface area contributed by atoms with Gasteiger partial charge in [-0.05, 0) is 52.0 Å². The third kappa shape index (κ3) is 3.65. The Morgan fingerprint density at radius 3 is 0.944 bits per heavy atom. The molecule has 0 aliphatic heterocycles. The molecule has 0 N–H and O–H groups in total. The molecule has 18 heavy (non-hydrogen) atoms. The summed E-state index contributed by atoms with van der Waals surface area (Å²) in [6.45, 7) is 10.1. The fourth-order valence-electron chi connectivity index (χ4n) is 1.95. The van der Waals surface area contributed by atoms with Gasteiger partial charge >= 0.3 is 0 Å². The number of hydrogen-bond acceptors (Lipinski definition) is 4. The second kappa shape index (κ2) is 7.04. The second-order valence-corrected chi connectivity index (χ2v) is 3.84. The van der Waals surface area contributed by atoms with Gasteiger partial charge in [0.25, 0.3) is 0 Å². The van der Waals surface area contributed by atoms with Crippen molar-refractivity contribution in [3.05, 3.63) is 24.3 Å². The average molecular weight is 256 g/mol. The van der Waals surface area contributed by atoms with Gasteiger partial charge in [0.05, 0.1) is 0 Å². The molecule has 0 fully saturated rings. The summed E-state index contributed by atoms with van der Waals surface area (Å²) < 4.78 is 22.6. The highest BCUT2D eigenvalue weighted by Crippen LogP contribution is 2.29. The monoisotopic (exact) mass is 256 g/mol. The van der Waals surface area contributed by atoms with Crippen LogP contribution >= 0.6 is 0 Å². The maximum atomic E-state index is 5.65. The van der Waals surface area contributed by atoms with Crippen LogP contribution in [0.1, 0.15) is 27.7 Å². The summed E-state index contributed by atoms with van der Waals surface area (Å²) in [5.74, 6) is -1.58. The molecule has 0 atom stereocenters. The molecule has 0 saturated heterocycles. The van der Waals surface area contributed by atoms with E-state index in [1.807, 2.05) is 52.0 Å². The quantitative estimate of drug-likeness (QED) is 0.494. The number of rotatable bonds is 8. The fraction of sp³-hybridized carbons (Fsp3) is 0.714. The minimum atomic E-state index is -0.790. The first-order chi connectivity index (χ1) is 8.66. The highest BCUT2D eigenvalue weighted by Gasteiger charge is 2.35. The minimum Gasteiger partial charge on any atom is -0.343 e. The van der Waals surface area contributed by atoms with Crippen molar-refractivity contribution in [1.29, 1.82) is 0 Å². The number of hydrogen-bond donors (Lipinski definition) is 0. The Morgan fingerprint density at radius 1 is 0.556 bits per heavy atom. The van der Waals surface area contributed by atoms with Gasteiger partial charge in [-0.1, -0.05) is 0 Å². The summed E-state index contributed by atoms with van der Waals surface area (Å²) in [7, 11) is 0. The van der Waals surface area contributed by atoms with Crippen molar-refractivity contribution in [2.45, 2.75) is 39.3 Å². The lowest BCUT2D eigenvalue weighted by atomic mass is 10.0. The van der Waals surface area contributed by atoms with Gasteiger partial charge < -0.3 is 18.9 Å². The van der Waals surface area contributed by atoms with Gasteiger partial charge in [0.1, 0.15) is 0 Å². The maximum absolute atomic E-state index is 5.65. The average Bonchev–Trinajstić information content (AvgIpc) is 2.35. The van der Waals surface area contributed by atoms with E-state index in [1.54, 1.807) is 0 Å². The largest absolute Gasteiger partial charge is 0.343 e. The molecule has 0 unspecified atom stereocenters. The first-order valence-electron chi connectivity index (χ1n) is 6.62. The maximum Gasteiger partial charge on any atom is 0.208 e. The lowest BCUT2D eigenvalue weighted by molar-refractivity contribution is -0.190. The van der Waals surface area contributed by atoms with E-state index >= 15 is 0 Å². The van der Waals surface area contributed by atoms with Crippen molar-refractivity contribution < 1.29 is 18.9 Å². The zero-order valence-electron chi connectivity index (χ0n) is 11.8. The molecule has 0 aromatic rings. The second-order valence-electron chi connectivity index (χ2n) is 3.84. The topological polar surface area (TPSA) is 36.9 Å². The highest BCUT2D eigenvalue weighted by atomic mass is 16.7. The van der Waals surface area contributed by atoms with Crippen LogP contribution in [0.2, 0.25) is 0 Å². The van der Waals surface area contributed by atoms with Crippen molar-refractivity contribution >= 4 is 0 Å². The molecular formula is C14H24O4. The Kier molecular flexibility index (Phi) is 6.02. The van der Waals surface area contributed by atoms with Crippen LogP contribution in [0.3, 0.4) is 0 Å². The molecule has 4 heteroatoms. The smallest absolute Gasteiger partial charge is 0.208 e. The van der Waals surface area contributed by atoms with Gasteiger partial charge in [-0.25, -0.2) is 0 Å². The van der Waals surface area contributed by atoms with Crippen LogP contribution < -0.4 is 0 Å². The molecule has 0 aromatic carbocycles. The lowest BCUT2D eigenvalue weighted by Gasteiger charge is -2.35. The van der Waals surface area contributed by atoms with Gasteiger partial charge in [-0.15, -0.1) is 0 Å². The van der Waals surface area contributed by atoms with Crippen molar-refractivity contribution in [2.24, 2.45) is 0 Å². The first-order valence-corrected chi connectivity index (χ1v) is 6.62. The Balaban J connectivity index is 2.85. The highest BCUT2D eigenvalue weighted by molar-refractivity contribution is 5.24. The van der Waals surface area contributed by atoms with Gasteiger partial charge in [0.2, 0.25) is 11.6 Å². The van der Waals surface area contributed by atoms with E-state index in [-0.39, 0.29) is 0 Å². The summed E-state index contributed by atoms with van der Waals surface area (Å²) in [6.07, 6.45) is 7.41. The summed E-state index contributed by atoms with van der Waals surface area (Å²) in [4.78, 5) is 0. The summed E-state index contributed by atoms with van der Waals surface area (Å²) >= 11 is 0. The van der Waals surface area contributed by atoms with Crippen LogP contribution in [0.25, 0.3) is 0 Å². The summed E-state index contributed by atoms with van der Waals surface area (Å²) in [5, 5.41) is 0. The molecule has 0 spiro atoms. The zero-order chi connectivity index (χ0) is 13.5. The molecule has 0 radical (unpaired) electrons. The molecule has 0 saturated carbocycles. The van der Waals surface area contributed by atoms with E-state index in [2.05, 4.69) is 0 Å². The van der Waals surface area contributed by atoms with Crippen molar-refractivity contribution in [3.63, 3.8) is 0 Å². The van der Waals surface area contributed by atoms with E-state index in [1.165, 1.54) is 0 Å². The Bertz CT molecular complexity index is 238. The molecule has 1 aliphatic carbocycles. The predicted molar refractivity (Wildman–Crippen MR) is 70.2 cm³/mol. The standard InChI is InChI=1S/C14H24O4/c1-5-15-13(16-6-2)9-11-14(12-10-13,17-7-3)18-8-4/h9-12H,5-8H2,1-4H3. The van der Waals surface area contributed by atoms with Crippen molar-refractivity contribution in [3.8, 4) is 0 Å². The third-order valence-corrected chi connectivity index (χ3v) is 2.58. The van der Waals surface area contributed by atoms with Crippen LogP contribution in [0, 0.1) is 0 Å². The Labute approximate surface area is 110 Å². The summed E-state index contributed by atoms with van der Waals surface area (Å²) in [5.41, 5.74) is 0. The first kappa shape index (κ1) is 15.4. The SMILES string of the molecule is CCOC1(OCC)C=CC(OCC)(OCC)C=C1. The number of ether oxygens (including phenoxy) is 4. The van der Waals surface area contributed by atoms with Crippen LogP contribution in [0.15, 0.2) is 24.3 Å². The van der Waals surface area contributed by atoms with Gasteiger partial charge in [-0.2, -0.15) is 0 Å². The van der Waals surface area contributed by atoms with Crippen LogP contribution in [0.4, 0.5) is 0 Å². The lowest BCUT2D eigenvalue weighted by Crippen LogP contribution is -2.40. The van der Waals surface area contributed by atoms with Gasteiger partial charge in [0, 0.05) is 26.4 Å². The van der Waals surface area contributed by atoms with Gasteiger partial charge in [-0.3, -0.25) is 0 Å². The molecule has 0 heterocycles. The fourth-order valence-corrected chi connectivity index (χ4v) is 1.95. The minimum absolute atomic E-state index is 0.574. The van der Waals surface area contributed by atoms with Gasteiger partial charge in [0.15, 0.2) is 0 Å². The summed E-state index contributed by atoms with van der Waals surface area (Å²) in [6, 6.07) is 0. The van der Waals surface area contributed by atoms with E-state index in [0.717, 1.165) is 0 Å².